The van der Waals surface area contributed by atoms with Gasteiger partial charge in [0, 0.05) is 28.7 Å². The van der Waals surface area contributed by atoms with E-state index in [4.69, 9.17) is 16.3 Å². The van der Waals surface area contributed by atoms with Crippen molar-refractivity contribution >= 4 is 27.5 Å². The van der Waals surface area contributed by atoms with Crippen molar-refractivity contribution in [2.24, 2.45) is 0 Å². The first kappa shape index (κ1) is 18.2. The third-order valence-corrected chi connectivity index (χ3v) is 4.06. The van der Waals surface area contributed by atoms with Crippen LogP contribution in [0.15, 0.2) is 40.9 Å². The van der Waals surface area contributed by atoms with Crippen LogP contribution in [0.5, 0.6) is 5.75 Å². The molecule has 0 aliphatic heterocycles. The maximum atomic E-state index is 13.8. The Morgan fingerprint density at radius 2 is 2.13 bits per heavy atom. The Kier molecular flexibility index (Phi) is 6.84. The summed E-state index contributed by atoms with van der Waals surface area (Å²) in [6.45, 7) is 2.78. The van der Waals surface area contributed by atoms with Crippen LogP contribution in [0.25, 0.3) is 0 Å². The van der Waals surface area contributed by atoms with Crippen molar-refractivity contribution in [1.29, 1.82) is 0 Å². The number of aliphatic hydroxyl groups excluding tert-OH is 1. The van der Waals surface area contributed by atoms with Crippen LogP contribution in [0.2, 0.25) is 5.02 Å². The average Bonchev–Trinajstić information content (AvgIpc) is 2.48. The molecule has 23 heavy (non-hydrogen) atoms. The van der Waals surface area contributed by atoms with Gasteiger partial charge in [-0.2, -0.15) is 0 Å². The first-order valence-corrected chi connectivity index (χ1v) is 8.37. The van der Waals surface area contributed by atoms with E-state index in [0.717, 1.165) is 10.0 Å². The molecule has 0 amide bonds. The van der Waals surface area contributed by atoms with Gasteiger partial charge in [-0.05, 0) is 37.3 Å². The molecule has 0 aliphatic rings. The van der Waals surface area contributed by atoms with Crippen LogP contribution in [0.4, 0.5) is 4.39 Å². The van der Waals surface area contributed by atoms with Crippen molar-refractivity contribution in [2.45, 2.75) is 26.2 Å². The van der Waals surface area contributed by atoms with Crippen LogP contribution in [-0.2, 0) is 13.2 Å². The van der Waals surface area contributed by atoms with Gasteiger partial charge in [0.2, 0.25) is 0 Å². The molecule has 0 saturated heterocycles. The fraction of sp³-hybridized carbons (Fsp3) is 0.294. The zero-order valence-corrected chi connectivity index (χ0v) is 15.0. The van der Waals surface area contributed by atoms with E-state index in [1.807, 2.05) is 18.2 Å². The van der Waals surface area contributed by atoms with Crippen LogP contribution < -0.4 is 10.1 Å². The summed E-state index contributed by atoms with van der Waals surface area (Å²) < 4.78 is 20.5. The largest absolute Gasteiger partial charge is 0.488 e. The lowest BCUT2D eigenvalue weighted by Crippen LogP contribution is -2.24. The van der Waals surface area contributed by atoms with E-state index in [9.17, 15) is 9.50 Å². The highest BCUT2D eigenvalue weighted by Gasteiger charge is 2.10. The minimum Gasteiger partial charge on any atom is -0.488 e. The summed E-state index contributed by atoms with van der Waals surface area (Å²) in [6.07, 6.45) is -0.427. The highest BCUT2D eigenvalue weighted by molar-refractivity contribution is 9.10. The van der Waals surface area contributed by atoms with E-state index >= 15 is 0 Å². The fourth-order valence-electron chi connectivity index (χ4n) is 2.06. The molecule has 2 aromatic rings. The quantitative estimate of drug-likeness (QED) is 0.726. The van der Waals surface area contributed by atoms with Gasteiger partial charge in [0.05, 0.1) is 11.1 Å². The Bertz CT molecular complexity index is 647. The number of aliphatic hydroxyl groups is 1. The van der Waals surface area contributed by atoms with Gasteiger partial charge < -0.3 is 15.2 Å². The van der Waals surface area contributed by atoms with Crippen molar-refractivity contribution in [3.05, 3.63) is 62.8 Å². The Morgan fingerprint density at radius 3 is 2.83 bits per heavy atom. The number of benzene rings is 2. The molecular formula is C17H18BrClFNO2. The number of halogens is 3. The second-order valence-electron chi connectivity index (χ2n) is 5.22. The summed E-state index contributed by atoms with van der Waals surface area (Å²) in [7, 11) is 0. The lowest BCUT2D eigenvalue weighted by Gasteiger charge is -2.14. The molecule has 0 unspecified atom stereocenters. The first-order chi connectivity index (χ1) is 11.0. The molecule has 0 saturated carbocycles. The molecule has 0 spiro atoms. The van der Waals surface area contributed by atoms with Crippen LogP contribution in [-0.4, -0.2) is 17.8 Å². The van der Waals surface area contributed by atoms with Crippen molar-refractivity contribution < 1.29 is 14.2 Å². The maximum Gasteiger partial charge on any atom is 0.131 e. The minimum atomic E-state index is -0.427. The standard InChI is InChI=1S/C17H18BrClFNO2/c1-11(22)8-21-9-12-7-13(18)5-6-17(12)23-10-14-15(19)3-2-4-16(14)20/h2-7,11,21-22H,8-10H2,1H3/t11-/m0/s1. The van der Waals surface area contributed by atoms with Crippen molar-refractivity contribution in [2.75, 3.05) is 6.54 Å². The monoisotopic (exact) mass is 401 g/mol. The molecule has 0 radical (unpaired) electrons. The second-order valence-corrected chi connectivity index (χ2v) is 6.54. The third kappa shape index (κ3) is 5.46. The number of hydrogen-bond donors (Lipinski definition) is 2. The van der Waals surface area contributed by atoms with E-state index in [0.29, 0.717) is 29.4 Å². The zero-order chi connectivity index (χ0) is 16.8. The Morgan fingerprint density at radius 1 is 1.35 bits per heavy atom. The van der Waals surface area contributed by atoms with E-state index in [1.54, 1.807) is 19.1 Å². The number of ether oxygens (including phenoxy) is 1. The third-order valence-electron chi connectivity index (χ3n) is 3.21. The van der Waals surface area contributed by atoms with Gasteiger partial charge in [-0.1, -0.05) is 33.6 Å². The van der Waals surface area contributed by atoms with Crippen LogP contribution >= 0.6 is 27.5 Å². The number of nitrogens with one attached hydrogen (secondary N) is 1. The van der Waals surface area contributed by atoms with Gasteiger partial charge in [0.1, 0.15) is 18.2 Å². The molecule has 3 nitrogen and oxygen atoms in total. The lowest BCUT2D eigenvalue weighted by atomic mass is 10.2. The van der Waals surface area contributed by atoms with Crippen LogP contribution in [0, 0.1) is 5.82 Å². The second kappa shape index (κ2) is 8.64. The molecule has 2 rings (SSSR count). The smallest absolute Gasteiger partial charge is 0.131 e. The molecule has 6 heteroatoms. The molecule has 0 heterocycles. The molecule has 0 aromatic heterocycles. The maximum absolute atomic E-state index is 13.8. The zero-order valence-electron chi connectivity index (χ0n) is 12.7. The van der Waals surface area contributed by atoms with Crippen LogP contribution in [0.3, 0.4) is 0 Å². The summed E-state index contributed by atoms with van der Waals surface area (Å²) in [5.74, 6) is 0.258. The molecule has 0 aliphatic carbocycles. The highest BCUT2D eigenvalue weighted by atomic mass is 79.9. The summed E-state index contributed by atoms with van der Waals surface area (Å²) in [5, 5.41) is 12.8. The number of rotatable bonds is 7. The van der Waals surface area contributed by atoms with Crippen LogP contribution in [0.1, 0.15) is 18.1 Å². The Hall–Kier alpha value is -1.14. The van der Waals surface area contributed by atoms with E-state index < -0.39 is 6.10 Å². The molecule has 0 bridgehead atoms. The lowest BCUT2D eigenvalue weighted by molar-refractivity contribution is 0.190. The predicted octanol–water partition coefficient (Wildman–Crippen LogP) is 4.29. The Labute approximate surface area is 148 Å². The first-order valence-electron chi connectivity index (χ1n) is 7.20. The van der Waals surface area contributed by atoms with Crippen molar-refractivity contribution in [3.63, 3.8) is 0 Å². The Balaban J connectivity index is 2.10. The van der Waals surface area contributed by atoms with E-state index in [1.165, 1.54) is 6.07 Å². The highest BCUT2D eigenvalue weighted by Crippen LogP contribution is 2.26. The predicted molar refractivity (Wildman–Crippen MR) is 93.3 cm³/mol. The molecule has 0 fully saturated rings. The molecule has 2 aromatic carbocycles. The van der Waals surface area contributed by atoms with Gasteiger partial charge in [0.15, 0.2) is 0 Å². The van der Waals surface area contributed by atoms with Gasteiger partial charge in [-0.3, -0.25) is 0 Å². The van der Waals surface area contributed by atoms with Crippen molar-refractivity contribution in [1.82, 2.24) is 5.32 Å². The SMILES string of the molecule is C[C@H](O)CNCc1cc(Br)ccc1OCc1c(F)cccc1Cl. The summed E-state index contributed by atoms with van der Waals surface area (Å²) in [4.78, 5) is 0. The van der Waals surface area contributed by atoms with Gasteiger partial charge in [-0.25, -0.2) is 4.39 Å². The topological polar surface area (TPSA) is 41.5 Å². The summed E-state index contributed by atoms with van der Waals surface area (Å²) in [5.41, 5.74) is 1.24. The molecule has 124 valence electrons. The van der Waals surface area contributed by atoms with E-state index in [-0.39, 0.29) is 12.4 Å². The fourth-order valence-corrected chi connectivity index (χ4v) is 2.69. The number of hydrogen-bond acceptors (Lipinski definition) is 3. The molecule has 2 N–H and O–H groups in total. The average molecular weight is 403 g/mol. The molecule has 1 atom stereocenters. The van der Waals surface area contributed by atoms with E-state index in [2.05, 4.69) is 21.2 Å². The van der Waals surface area contributed by atoms with Gasteiger partial charge in [-0.15, -0.1) is 0 Å². The van der Waals surface area contributed by atoms with Gasteiger partial charge >= 0.3 is 0 Å². The van der Waals surface area contributed by atoms with Crippen molar-refractivity contribution in [3.8, 4) is 5.75 Å². The normalized spacial score (nSPS) is 12.2. The molecular weight excluding hydrogens is 385 g/mol. The summed E-state index contributed by atoms with van der Waals surface area (Å²) in [6, 6.07) is 10.2. The summed E-state index contributed by atoms with van der Waals surface area (Å²) >= 11 is 9.43. The minimum absolute atomic E-state index is 0.0521. The van der Waals surface area contributed by atoms with Gasteiger partial charge in [0.25, 0.3) is 0 Å².